The van der Waals surface area contributed by atoms with Crippen molar-refractivity contribution in [2.24, 2.45) is 0 Å². The molecule has 7 rings (SSSR count). The Hall–Kier alpha value is -3.22. The van der Waals surface area contributed by atoms with Gasteiger partial charge in [0.25, 0.3) is 0 Å². The molecule has 0 N–H and O–H groups in total. The van der Waals surface area contributed by atoms with Crippen molar-refractivity contribution in [1.82, 2.24) is 0 Å². The number of hydrogen-bond acceptors (Lipinski definition) is 4. The molecule has 0 saturated carbocycles. The van der Waals surface area contributed by atoms with Crippen molar-refractivity contribution >= 4 is 7.69 Å². The molecule has 0 bridgehead atoms. The molecule has 172 valence electrons. The Kier molecular flexibility index (Phi) is 4.93. The Labute approximate surface area is 205 Å². The first-order valence-corrected chi connectivity index (χ1v) is 12.1. The predicted molar refractivity (Wildman–Crippen MR) is 136 cm³/mol. The molecule has 3 aliphatic rings. The molecule has 0 amide bonds. The van der Waals surface area contributed by atoms with E-state index >= 15 is 0 Å². The molecule has 35 heavy (non-hydrogen) atoms. The van der Waals surface area contributed by atoms with Gasteiger partial charge in [-0.2, -0.15) is 0 Å². The van der Waals surface area contributed by atoms with Crippen molar-refractivity contribution in [3.63, 3.8) is 0 Å². The van der Waals surface area contributed by atoms with E-state index in [1.165, 1.54) is 44.5 Å². The van der Waals surface area contributed by atoms with E-state index in [1.807, 2.05) is 0 Å². The van der Waals surface area contributed by atoms with Crippen LogP contribution in [0.4, 0.5) is 0 Å². The van der Waals surface area contributed by atoms with Crippen LogP contribution >= 0.6 is 0 Å². The highest BCUT2D eigenvalue weighted by Crippen LogP contribution is 2.51. The summed E-state index contributed by atoms with van der Waals surface area (Å²) in [6.45, 7) is 1.62. The van der Waals surface area contributed by atoms with Gasteiger partial charge in [0.15, 0.2) is 0 Å². The third kappa shape index (κ3) is 3.03. The van der Waals surface area contributed by atoms with E-state index in [2.05, 4.69) is 97.1 Å². The normalized spacial score (nSPS) is 19.2. The van der Waals surface area contributed by atoms with E-state index in [0.29, 0.717) is 26.4 Å². The smallest absolute Gasteiger partial charge is 0.413 e. The van der Waals surface area contributed by atoms with Gasteiger partial charge in [-0.15, -0.1) is 0 Å². The Balaban J connectivity index is 1.27. The molecular formula is C30H25BO4. The van der Waals surface area contributed by atoms with Crippen molar-refractivity contribution < 1.29 is 19.1 Å². The highest BCUT2D eigenvalue weighted by Gasteiger charge is 2.47. The second-order valence-corrected chi connectivity index (χ2v) is 9.69. The standard InChI is InChI=1S/C30H25BO4/c1-5-13-25-21(9-1)22-10-2-6-14-26(22)29(25)17-32-31-33-18-30(20-35-34-19-29)27-15-7-3-11-23(27)24-12-4-8-16-28(24)30/h1-16,31H,17-20H2. The number of fused-ring (bicyclic) bond motifs is 10. The van der Waals surface area contributed by atoms with Crippen LogP contribution in [0.1, 0.15) is 22.3 Å². The van der Waals surface area contributed by atoms with Gasteiger partial charge in [0.2, 0.25) is 0 Å². The van der Waals surface area contributed by atoms with Crippen LogP contribution in [0, 0.1) is 0 Å². The lowest BCUT2D eigenvalue weighted by Gasteiger charge is -2.32. The van der Waals surface area contributed by atoms with Crippen LogP contribution in [0.5, 0.6) is 0 Å². The Morgan fingerprint density at radius 1 is 0.429 bits per heavy atom. The maximum absolute atomic E-state index is 6.24. The summed E-state index contributed by atoms with van der Waals surface area (Å²) in [5.74, 6) is 0. The van der Waals surface area contributed by atoms with Crippen LogP contribution in [0.2, 0.25) is 0 Å². The van der Waals surface area contributed by atoms with Crippen LogP contribution in [0.25, 0.3) is 22.3 Å². The zero-order chi connectivity index (χ0) is 23.3. The molecule has 0 atom stereocenters. The second-order valence-electron chi connectivity index (χ2n) is 9.69. The third-order valence-corrected chi connectivity index (χ3v) is 7.91. The second kappa shape index (κ2) is 8.18. The van der Waals surface area contributed by atoms with Gasteiger partial charge in [0.1, 0.15) is 0 Å². The molecule has 2 aliphatic carbocycles. The van der Waals surface area contributed by atoms with E-state index in [9.17, 15) is 0 Å². The molecule has 0 radical (unpaired) electrons. The van der Waals surface area contributed by atoms with Crippen molar-refractivity contribution in [1.29, 1.82) is 0 Å². The van der Waals surface area contributed by atoms with E-state index < -0.39 is 10.8 Å². The van der Waals surface area contributed by atoms with E-state index in [0.717, 1.165) is 0 Å². The summed E-state index contributed by atoms with van der Waals surface area (Å²) in [6.07, 6.45) is 0. The first-order valence-electron chi connectivity index (χ1n) is 12.1. The fourth-order valence-corrected chi connectivity index (χ4v) is 6.31. The molecule has 5 heteroatoms. The lowest BCUT2D eigenvalue weighted by molar-refractivity contribution is -0.309. The zero-order valence-corrected chi connectivity index (χ0v) is 19.4. The van der Waals surface area contributed by atoms with Crippen molar-refractivity contribution in [3.8, 4) is 22.3 Å². The fraction of sp³-hybridized carbons (Fsp3) is 0.200. The molecule has 1 saturated heterocycles. The largest absolute Gasteiger partial charge is 0.438 e. The van der Waals surface area contributed by atoms with E-state index in [4.69, 9.17) is 19.1 Å². The summed E-state index contributed by atoms with van der Waals surface area (Å²) in [5, 5.41) is 0. The first kappa shape index (κ1) is 21.1. The van der Waals surface area contributed by atoms with Crippen LogP contribution in [-0.2, 0) is 29.9 Å². The van der Waals surface area contributed by atoms with E-state index in [-0.39, 0.29) is 7.69 Å². The fourth-order valence-electron chi connectivity index (χ4n) is 6.31. The van der Waals surface area contributed by atoms with Gasteiger partial charge in [0.05, 0.1) is 24.0 Å². The molecule has 2 spiro atoms. The van der Waals surface area contributed by atoms with Crippen LogP contribution in [0.15, 0.2) is 97.1 Å². The summed E-state index contributed by atoms with van der Waals surface area (Å²) >= 11 is 0. The minimum atomic E-state index is -0.459. The lowest BCUT2D eigenvalue weighted by atomic mass is 9.79. The van der Waals surface area contributed by atoms with Gasteiger partial charge in [-0.1, -0.05) is 97.1 Å². The molecule has 1 heterocycles. The molecule has 1 fully saturated rings. The molecule has 0 aromatic heterocycles. The summed E-state index contributed by atoms with van der Waals surface area (Å²) < 4.78 is 12.5. The maximum Gasteiger partial charge on any atom is 0.438 e. The third-order valence-electron chi connectivity index (χ3n) is 7.91. The van der Waals surface area contributed by atoms with Crippen LogP contribution in [-0.4, -0.2) is 34.1 Å². The predicted octanol–water partition coefficient (Wildman–Crippen LogP) is 5.18. The van der Waals surface area contributed by atoms with E-state index in [1.54, 1.807) is 0 Å². The molecule has 4 aromatic carbocycles. The highest BCUT2D eigenvalue weighted by atomic mass is 17.2. The summed E-state index contributed by atoms with van der Waals surface area (Å²) in [5.41, 5.74) is 8.79. The van der Waals surface area contributed by atoms with Crippen molar-refractivity contribution in [2.75, 3.05) is 26.4 Å². The molecule has 4 nitrogen and oxygen atoms in total. The van der Waals surface area contributed by atoms with Gasteiger partial charge in [0, 0.05) is 13.2 Å². The SMILES string of the molecule is B1OCC2(COOCC3(CO1)c1ccccc1-c1ccccc13)c1ccccc1-c1ccccc12. The van der Waals surface area contributed by atoms with Gasteiger partial charge in [-0.05, 0) is 44.5 Å². The Morgan fingerprint density at radius 2 is 0.743 bits per heavy atom. The molecule has 4 aromatic rings. The highest BCUT2D eigenvalue weighted by molar-refractivity contribution is 6.18. The monoisotopic (exact) mass is 460 g/mol. The Morgan fingerprint density at radius 3 is 1.09 bits per heavy atom. The van der Waals surface area contributed by atoms with Gasteiger partial charge in [-0.25, -0.2) is 9.78 Å². The summed E-state index contributed by atoms with van der Waals surface area (Å²) in [6, 6.07) is 34.0. The number of rotatable bonds is 0. The lowest BCUT2D eigenvalue weighted by Crippen LogP contribution is -2.38. The number of benzene rings is 4. The van der Waals surface area contributed by atoms with Crippen molar-refractivity contribution in [2.45, 2.75) is 10.8 Å². The maximum atomic E-state index is 6.24. The quantitative estimate of drug-likeness (QED) is 0.268. The van der Waals surface area contributed by atoms with Gasteiger partial charge in [-0.3, -0.25) is 0 Å². The zero-order valence-electron chi connectivity index (χ0n) is 19.4. The number of hydrogen-bond donors (Lipinski definition) is 0. The Bertz CT molecular complexity index is 1220. The van der Waals surface area contributed by atoms with Crippen LogP contribution in [0.3, 0.4) is 0 Å². The van der Waals surface area contributed by atoms with Crippen molar-refractivity contribution in [3.05, 3.63) is 119 Å². The average molecular weight is 460 g/mol. The molecular weight excluding hydrogens is 435 g/mol. The molecule has 0 unspecified atom stereocenters. The average Bonchev–Trinajstić information content (AvgIpc) is 3.33. The van der Waals surface area contributed by atoms with Crippen LogP contribution < -0.4 is 0 Å². The summed E-state index contributed by atoms with van der Waals surface area (Å²) in [4.78, 5) is 12.2. The topological polar surface area (TPSA) is 36.9 Å². The summed E-state index contributed by atoms with van der Waals surface area (Å²) in [7, 11) is 0.207. The van der Waals surface area contributed by atoms with Gasteiger partial charge < -0.3 is 9.31 Å². The van der Waals surface area contributed by atoms with Gasteiger partial charge >= 0.3 is 7.69 Å². The first-order chi connectivity index (χ1) is 17.3. The minimum Gasteiger partial charge on any atom is -0.413 e. The molecule has 1 aliphatic heterocycles. The minimum absolute atomic E-state index is 0.207.